The number of methoxy groups -OCH3 is 1. The third kappa shape index (κ3) is 3.41. The molecule has 1 aromatic carbocycles. The van der Waals surface area contributed by atoms with E-state index in [0.29, 0.717) is 0 Å². The van der Waals surface area contributed by atoms with Gasteiger partial charge < -0.3 is 14.7 Å². The third-order valence-corrected chi connectivity index (χ3v) is 3.84. The molecule has 1 fully saturated rings. The lowest BCUT2D eigenvalue weighted by atomic mass is 10.1. The fourth-order valence-corrected chi connectivity index (χ4v) is 2.60. The Balaban J connectivity index is 2.02. The Morgan fingerprint density at radius 3 is 2.77 bits per heavy atom. The minimum absolute atomic E-state index is 0.0168. The summed E-state index contributed by atoms with van der Waals surface area (Å²) in [4.78, 5) is 24.6. The fourth-order valence-electron chi connectivity index (χ4n) is 2.60. The van der Waals surface area contributed by atoms with Crippen molar-refractivity contribution in [1.82, 2.24) is 4.90 Å². The lowest BCUT2D eigenvalue weighted by Gasteiger charge is -2.21. The molecule has 1 saturated heterocycles. The smallest absolute Gasteiger partial charge is 0.326 e. The number of hydrogen-bond acceptors (Lipinski definition) is 3. The zero-order valence-electron chi connectivity index (χ0n) is 12.1. The zero-order chi connectivity index (χ0) is 16.3. The number of aliphatic carboxylic acids is 1. The number of benzene rings is 1. The second-order valence-corrected chi connectivity index (χ2v) is 5.21. The van der Waals surface area contributed by atoms with Gasteiger partial charge in [0.05, 0.1) is 6.10 Å². The van der Waals surface area contributed by atoms with Crippen molar-refractivity contribution in [2.24, 2.45) is 0 Å². The molecule has 1 amide bonds. The molecule has 2 rings (SSSR count). The van der Waals surface area contributed by atoms with Crippen molar-refractivity contribution in [3.63, 3.8) is 0 Å². The van der Waals surface area contributed by atoms with Crippen LogP contribution in [0.4, 0.5) is 8.78 Å². The Morgan fingerprint density at radius 1 is 1.41 bits per heavy atom. The van der Waals surface area contributed by atoms with Crippen molar-refractivity contribution < 1.29 is 28.2 Å². The van der Waals surface area contributed by atoms with E-state index >= 15 is 0 Å². The fraction of sp³-hybridized carbons (Fsp3) is 0.467. The largest absolute Gasteiger partial charge is 0.480 e. The van der Waals surface area contributed by atoms with Crippen LogP contribution in [0.2, 0.25) is 0 Å². The van der Waals surface area contributed by atoms with Gasteiger partial charge >= 0.3 is 5.97 Å². The number of carbonyl (C=O) groups is 2. The van der Waals surface area contributed by atoms with Crippen molar-refractivity contribution >= 4 is 11.9 Å². The topological polar surface area (TPSA) is 66.8 Å². The van der Waals surface area contributed by atoms with Gasteiger partial charge in [-0.1, -0.05) is 12.1 Å². The zero-order valence-corrected chi connectivity index (χ0v) is 12.1. The molecule has 0 radical (unpaired) electrons. The highest BCUT2D eigenvalue weighted by atomic mass is 19.2. The SMILES string of the molecule is COC1CC(C(=O)O)N(C(=O)CCc2cccc(F)c2F)C1. The first-order valence-corrected chi connectivity index (χ1v) is 6.92. The summed E-state index contributed by atoms with van der Waals surface area (Å²) in [5.74, 6) is -3.43. The maximum Gasteiger partial charge on any atom is 0.326 e. The van der Waals surface area contributed by atoms with E-state index in [1.54, 1.807) is 0 Å². The highest BCUT2D eigenvalue weighted by molar-refractivity contribution is 5.84. The van der Waals surface area contributed by atoms with Crippen LogP contribution >= 0.6 is 0 Å². The van der Waals surface area contributed by atoms with Gasteiger partial charge in [0.25, 0.3) is 0 Å². The molecule has 0 bridgehead atoms. The van der Waals surface area contributed by atoms with Crippen molar-refractivity contribution in [3.8, 4) is 0 Å². The van der Waals surface area contributed by atoms with Crippen LogP contribution in [-0.2, 0) is 20.7 Å². The Bertz CT molecular complexity index is 579. The first-order valence-electron chi connectivity index (χ1n) is 6.92. The van der Waals surface area contributed by atoms with Crippen molar-refractivity contribution in [1.29, 1.82) is 0 Å². The highest BCUT2D eigenvalue weighted by Crippen LogP contribution is 2.22. The van der Waals surface area contributed by atoms with Gasteiger partial charge in [0.2, 0.25) is 5.91 Å². The summed E-state index contributed by atoms with van der Waals surface area (Å²) >= 11 is 0. The summed E-state index contributed by atoms with van der Waals surface area (Å²) in [6.45, 7) is 0.192. The number of hydrogen-bond donors (Lipinski definition) is 1. The molecule has 1 aromatic rings. The van der Waals surface area contributed by atoms with Crippen LogP contribution in [0.3, 0.4) is 0 Å². The number of nitrogens with zero attached hydrogens (tertiary/aromatic N) is 1. The first kappa shape index (κ1) is 16.4. The average Bonchev–Trinajstić information content (AvgIpc) is 2.93. The van der Waals surface area contributed by atoms with Crippen LogP contribution in [0.15, 0.2) is 18.2 Å². The molecule has 1 aliphatic rings. The number of likely N-dealkylation sites (tertiary alicyclic amines) is 1. The molecule has 7 heteroatoms. The second kappa shape index (κ2) is 6.83. The summed E-state index contributed by atoms with van der Waals surface area (Å²) in [7, 11) is 1.46. The van der Waals surface area contributed by atoms with Crippen LogP contribution in [-0.4, -0.2) is 47.7 Å². The summed E-state index contributed by atoms with van der Waals surface area (Å²) in [5, 5.41) is 9.15. The van der Waals surface area contributed by atoms with E-state index in [-0.39, 0.29) is 37.5 Å². The number of carboxylic acids is 1. The minimum atomic E-state index is -1.09. The summed E-state index contributed by atoms with van der Waals surface area (Å²) in [6, 6.07) is 2.84. The number of rotatable bonds is 5. The predicted molar refractivity (Wildman–Crippen MR) is 73.2 cm³/mol. The quantitative estimate of drug-likeness (QED) is 0.896. The van der Waals surface area contributed by atoms with Gasteiger partial charge in [0, 0.05) is 26.5 Å². The van der Waals surface area contributed by atoms with Crippen molar-refractivity contribution in [3.05, 3.63) is 35.4 Å². The van der Waals surface area contributed by atoms with Gasteiger partial charge in [-0.05, 0) is 18.1 Å². The maximum atomic E-state index is 13.5. The lowest BCUT2D eigenvalue weighted by molar-refractivity contribution is -0.148. The van der Waals surface area contributed by atoms with Crippen molar-refractivity contribution in [2.75, 3.05) is 13.7 Å². The normalized spacial score (nSPS) is 21.1. The molecule has 5 nitrogen and oxygen atoms in total. The second-order valence-electron chi connectivity index (χ2n) is 5.21. The molecule has 0 saturated carbocycles. The van der Waals surface area contributed by atoms with Gasteiger partial charge in [-0.3, -0.25) is 4.79 Å². The molecule has 0 spiro atoms. The van der Waals surface area contributed by atoms with E-state index in [1.165, 1.54) is 24.1 Å². The Morgan fingerprint density at radius 2 is 2.14 bits per heavy atom. The Labute approximate surface area is 126 Å². The van der Waals surface area contributed by atoms with E-state index in [1.807, 2.05) is 0 Å². The maximum absolute atomic E-state index is 13.5. The molecule has 0 aliphatic carbocycles. The molecule has 1 heterocycles. The Kier molecular flexibility index (Phi) is 5.07. The number of halogens is 2. The molecule has 0 aromatic heterocycles. The molecule has 1 N–H and O–H groups in total. The number of ether oxygens (including phenoxy) is 1. The third-order valence-electron chi connectivity index (χ3n) is 3.84. The molecule has 22 heavy (non-hydrogen) atoms. The highest BCUT2D eigenvalue weighted by Gasteiger charge is 2.39. The number of carbonyl (C=O) groups excluding carboxylic acids is 1. The number of aryl methyl sites for hydroxylation is 1. The van der Waals surface area contributed by atoms with Crippen LogP contribution in [0, 0.1) is 11.6 Å². The van der Waals surface area contributed by atoms with Gasteiger partial charge in [-0.15, -0.1) is 0 Å². The molecular formula is C15H17F2NO4. The monoisotopic (exact) mass is 313 g/mol. The minimum Gasteiger partial charge on any atom is -0.480 e. The summed E-state index contributed by atoms with van der Waals surface area (Å²) < 4.78 is 31.7. The van der Waals surface area contributed by atoms with Crippen LogP contribution in [0.1, 0.15) is 18.4 Å². The van der Waals surface area contributed by atoms with E-state index in [4.69, 9.17) is 9.84 Å². The molecule has 120 valence electrons. The summed E-state index contributed by atoms with van der Waals surface area (Å²) in [5.41, 5.74) is 0.0997. The Hall–Kier alpha value is -2.02. The van der Waals surface area contributed by atoms with Gasteiger partial charge in [-0.2, -0.15) is 0 Å². The summed E-state index contributed by atoms with van der Waals surface area (Å²) in [6.07, 6.45) is -0.161. The van der Waals surface area contributed by atoms with Crippen LogP contribution < -0.4 is 0 Å². The first-order chi connectivity index (χ1) is 10.4. The van der Waals surface area contributed by atoms with Gasteiger partial charge in [0.15, 0.2) is 11.6 Å². The lowest BCUT2D eigenvalue weighted by Crippen LogP contribution is -2.40. The van der Waals surface area contributed by atoms with E-state index in [2.05, 4.69) is 0 Å². The predicted octanol–water partition coefficient (Wildman–Crippen LogP) is 1.60. The molecule has 2 unspecified atom stereocenters. The van der Waals surface area contributed by atoms with Crippen molar-refractivity contribution in [2.45, 2.75) is 31.4 Å². The van der Waals surface area contributed by atoms with E-state index in [9.17, 15) is 18.4 Å². The molecule has 1 aliphatic heterocycles. The van der Waals surface area contributed by atoms with E-state index in [0.717, 1.165) is 6.07 Å². The average molecular weight is 313 g/mol. The van der Waals surface area contributed by atoms with Gasteiger partial charge in [0.1, 0.15) is 6.04 Å². The standard InChI is InChI=1S/C15H17F2NO4/c1-22-10-7-12(15(20)21)18(8-10)13(19)6-5-9-3-2-4-11(16)14(9)17/h2-4,10,12H,5-8H2,1H3,(H,20,21). The van der Waals surface area contributed by atoms with E-state index < -0.39 is 29.6 Å². The molecule has 2 atom stereocenters. The van der Waals surface area contributed by atoms with Gasteiger partial charge in [-0.25, -0.2) is 13.6 Å². The molecular weight excluding hydrogens is 296 g/mol. The number of amides is 1. The van der Waals surface area contributed by atoms with Crippen LogP contribution in [0.25, 0.3) is 0 Å². The van der Waals surface area contributed by atoms with Crippen LogP contribution in [0.5, 0.6) is 0 Å². The number of carboxylic acid groups (broad SMARTS) is 1.